The first kappa shape index (κ1) is 23.2. The molecule has 2 N–H and O–H groups in total. The van der Waals surface area contributed by atoms with Crippen molar-refractivity contribution < 1.29 is 9.90 Å². The lowest BCUT2D eigenvalue weighted by Crippen LogP contribution is -2.40. The van der Waals surface area contributed by atoms with Crippen molar-refractivity contribution in [2.75, 3.05) is 6.61 Å². The fraction of sp³-hybridized carbons (Fsp3) is 0.857. The molecule has 24 heavy (non-hydrogen) atoms. The number of carbonyl (C=O) groups excluding carboxylic acids is 1. The van der Waals surface area contributed by atoms with Crippen LogP contribution in [0.1, 0.15) is 97.8 Å². The molecule has 0 saturated heterocycles. The van der Waals surface area contributed by atoms with Gasteiger partial charge in [-0.05, 0) is 18.8 Å². The summed E-state index contributed by atoms with van der Waals surface area (Å²) in [5.41, 5.74) is 0. The van der Waals surface area contributed by atoms with Crippen LogP contribution >= 0.6 is 0 Å². The molecule has 3 nitrogen and oxygen atoms in total. The minimum Gasteiger partial charge on any atom is -0.394 e. The van der Waals surface area contributed by atoms with Crippen LogP contribution in [-0.2, 0) is 4.79 Å². The van der Waals surface area contributed by atoms with Crippen molar-refractivity contribution in [3.05, 3.63) is 12.2 Å². The Morgan fingerprint density at radius 3 is 1.92 bits per heavy atom. The summed E-state index contributed by atoms with van der Waals surface area (Å²) < 4.78 is 0. The second-order valence-corrected chi connectivity index (χ2v) is 7.10. The van der Waals surface area contributed by atoms with Gasteiger partial charge >= 0.3 is 0 Å². The van der Waals surface area contributed by atoms with E-state index in [1.54, 1.807) is 0 Å². The molecule has 0 spiro atoms. The molecule has 0 saturated carbocycles. The average molecular weight is 340 g/mol. The van der Waals surface area contributed by atoms with E-state index in [1.165, 1.54) is 77.6 Å². The summed E-state index contributed by atoms with van der Waals surface area (Å²) in [6.45, 7) is 5.78. The predicted molar refractivity (Wildman–Crippen MR) is 104 cm³/mol. The molecular formula is C21H41NO2. The maximum Gasteiger partial charge on any atom is 0.217 e. The maximum atomic E-state index is 11.1. The van der Waals surface area contributed by atoms with Gasteiger partial charge in [0.1, 0.15) is 0 Å². The molecule has 0 radical (unpaired) electrons. The van der Waals surface area contributed by atoms with E-state index < -0.39 is 0 Å². The normalized spacial score (nSPS) is 14.0. The zero-order chi connectivity index (χ0) is 18.0. The number of nitrogens with one attached hydrogen (secondary N) is 1. The molecule has 0 aliphatic rings. The summed E-state index contributed by atoms with van der Waals surface area (Å²) in [5, 5.41) is 12.1. The van der Waals surface area contributed by atoms with Crippen LogP contribution in [0.3, 0.4) is 0 Å². The van der Waals surface area contributed by atoms with Gasteiger partial charge in [0.05, 0.1) is 12.6 Å². The number of unbranched alkanes of at least 4 members (excludes halogenated alkanes) is 11. The SMILES string of the molecule is CCCCCCCCCCCCC/C=C/C(C)[C@H](CO)NC(C)=O. The summed E-state index contributed by atoms with van der Waals surface area (Å²) in [7, 11) is 0. The zero-order valence-electron chi connectivity index (χ0n) is 16.4. The van der Waals surface area contributed by atoms with Crippen molar-refractivity contribution in [3.63, 3.8) is 0 Å². The first-order valence-electron chi connectivity index (χ1n) is 10.2. The Balaban J connectivity index is 3.47. The van der Waals surface area contributed by atoms with Gasteiger partial charge in [0.2, 0.25) is 5.91 Å². The van der Waals surface area contributed by atoms with Gasteiger partial charge in [-0.3, -0.25) is 4.79 Å². The Morgan fingerprint density at radius 1 is 0.958 bits per heavy atom. The summed E-state index contributed by atoms with van der Waals surface area (Å²) >= 11 is 0. The number of aliphatic hydroxyl groups excluding tert-OH is 1. The van der Waals surface area contributed by atoms with E-state index in [0.717, 1.165) is 6.42 Å². The zero-order valence-corrected chi connectivity index (χ0v) is 16.4. The van der Waals surface area contributed by atoms with Gasteiger partial charge in [-0.15, -0.1) is 0 Å². The van der Waals surface area contributed by atoms with Crippen LogP contribution in [0, 0.1) is 5.92 Å². The summed E-state index contributed by atoms with van der Waals surface area (Å²) in [6.07, 6.45) is 20.5. The number of hydrogen-bond donors (Lipinski definition) is 2. The Morgan fingerprint density at radius 2 is 1.46 bits per heavy atom. The Kier molecular flexibility index (Phi) is 16.4. The van der Waals surface area contributed by atoms with Crippen molar-refractivity contribution in [1.29, 1.82) is 0 Å². The molecule has 0 aromatic carbocycles. The number of hydrogen-bond acceptors (Lipinski definition) is 2. The quantitative estimate of drug-likeness (QED) is 0.293. The first-order chi connectivity index (χ1) is 11.6. The van der Waals surface area contributed by atoms with Gasteiger partial charge in [0, 0.05) is 6.92 Å². The van der Waals surface area contributed by atoms with E-state index in [-0.39, 0.29) is 24.5 Å². The van der Waals surface area contributed by atoms with Crippen LogP contribution in [0.15, 0.2) is 12.2 Å². The van der Waals surface area contributed by atoms with E-state index >= 15 is 0 Å². The smallest absolute Gasteiger partial charge is 0.217 e. The fourth-order valence-electron chi connectivity index (χ4n) is 2.98. The highest BCUT2D eigenvalue weighted by Gasteiger charge is 2.14. The van der Waals surface area contributed by atoms with E-state index in [0.29, 0.717) is 0 Å². The highest BCUT2D eigenvalue weighted by molar-refractivity contribution is 5.73. The Labute approximate surface area is 150 Å². The van der Waals surface area contributed by atoms with Gasteiger partial charge in [0.25, 0.3) is 0 Å². The third-order valence-corrected chi connectivity index (χ3v) is 4.63. The van der Waals surface area contributed by atoms with E-state index in [9.17, 15) is 9.90 Å². The lowest BCUT2D eigenvalue weighted by molar-refractivity contribution is -0.120. The molecular weight excluding hydrogens is 298 g/mol. The van der Waals surface area contributed by atoms with Crippen molar-refractivity contribution in [2.24, 2.45) is 5.92 Å². The van der Waals surface area contributed by atoms with Gasteiger partial charge in [-0.2, -0.15) is 0 Å². The van der Waals surface area contributed by atoms with Crippen LogP contribution in [0.25, 0.3) is 0 Å². The third kappa shape index (κ3) is 14.7. The van der Waals surface area contributed by atoms with Crippen LogP contribution < -0.4 is 5.32 Å². The van der Waals surface area contributed by atoms with Gasteiger partial charge in [0.15, 0.2) is 0 Å². The molecule has 1 amide bonds. The summed E-state index contributed by atoms with van der Waals surface area (Å²) in [6, 6.07) is -0.170. The largest absolute Gasteiger partial charge is 0.394 e. The lowest BCUT2D eigenvalue weighted by Gasteiger charge is -2.19. The van der Waals surface area contributed by atoms with Crippen LogP contribution in [0.4, 0.5) is 0 Å². The molecule has 0 heterocycles. The molecule has 1 unspecified atom stereocenters. The van der Waals surface area contributed by atoms with E-state index in [1.807, 2.05) is 6.92 Å². The van der Waals surface area contributed by atoms with Crippen molar-refractivity contribution in [2.45, 2.75) is 104 Å². The molecule has 0 fully saturated rings. The number of allylic oxidation sites excluding steroid dienone is 1. The summed E-state index contributed by atoms with van der Waals surface area (Å²) in [4.78, 5) is 11.1. The van der Waals surface area contributed by atoms with Crippen molar-refractivity contribution >= 4 is 5.91 Å². The van der Waals surface area contributed by atoms with Crippen LogP contribution in [-0.4, -0.2) is 23.7 Å². The topological polar surface area (TPSA) is 49.3 Å². The van der Waals surface area contributed by atoms with Crippen LogP contribution in [0.2, 0.25) is 0 Å². The number of amides is 1. The molecule has 0 aromatic heterocycles. The monoisotopic (exact) mass is 339 g/mol. The number of aliphatic hydroxyl groups is 1. The van der Waals surface area contributed by atoms with Crippen molar-refractivity contribution in [1.82, 2.24) is 5.32 Å². The lowest BCUT2D eigenvalue weighted by atomic mass is 10.0. The second kappa shape index (κ2) is 17.0. The molecule has 0 aliphatic carbocycles. The van der Waals surface area contributed by atoms with Crippen molar-refractivity contribution in [3.8, 4) is 0 Å². The average Bonchev–Trinajstić information content (AvgIpc) is 2.56. The maximum absolute atomic E-state index is 11.1. The molecule has 0 bridgehead atoms. The fourth-order valence-corrected chi connectivity index (χ4v) is 2.98. The van der Waals surface area contributed by atoms with Crippen LogP contribution in [0.5, 0.6) is 0 Å². The molecule has 142 valence electrons. The van der Waals surface area contributed by atoms with E-state index in [4.69, 9.17) is 0 Å². The predicted octanol–water partition coefficient (Wildman–Crippen LogP) is 5.38. The highest BCUT2D eigenvalue weighted by atomic mass is 16.3. The van der Waals surface area contributed by atoms with Gasteiger partial charge < -0.3 is 10.4 Å². The highest BCUT2D eigenvalue weighted by Crippen LogP contribution is 2.12. The third-order valence-electron chi connectivity index (χ3n) is 4.63. The first-order valence-corrected chi connectivity index (χ1v) is 10.2. The van der Waals surface area contributed by atoms with E-state index in [2.05, 4.69) is 24.4 Å². The molecule has 0 aromatic rings. The number of carbonyl (C=O) groups is 1. The molecule has 2 atom stereocenters. The standard InChI is InChI=1S/C21H41NO2/c1-4-5-6-7-8-9-10-11-12-13-14-15-16-17-19(2)21(18-23)22-20(3)24/h16-17,19,21,23H,4-15,18H2,1-3H3,(H,22,24)/b17-16+/t19?,21-/m0/s1. The minimum absolute atomic E-state index is 0.0104. The van der Waals surface area contributed by atoms with Gasteiger partial charge in [-0.1, -0.05) is 90.2 Å². The summed E-state index contributed by atoms with van der Waals surface area (Å²) in [5.74, 6) is 0.0891. The second-order valence-electron chi connectivity index (χ2n) is 7.10. The molecule has 0 aliphatic heterocycles. The van der Waals surface area contributed by atoms with Gasteiger partial charge in [-0.25, -0.2) is 0 Å². The molecule has 3 heteroatoms. The minimum atomic E-state index is -0.170. The molecule has 0 rings (SSSR count). The Bertz CT molecular complexity index is 315. The Hall–Kier alpha value is -0.830. The number of rotatable bonds is 16.